The van der Waals surface area contributed by atoms with Crippen LogP contribution in [0.15, 0.2) is 29.2 Å². The molecule has 4 heteroatoms. The predicted octanol–water partition coefficient (Wildman–Crippen LogP) is 1.87. The van der Waals surface area contributed by atoms with Gasteiger partial charge in [0.15, 0.2) is 0 Å². The van der Waals surface area contributed by atoms with Crippen molar-refractivity contribution in [2.45, 2.75) is 36.4 Å². The van der Waals surface area contributed by atoms with E-state index in [9.17, 15) is 4.79 Å². The molecule has 0 unspecified atom stereocenters. The monoisotopic (exact) mass is 262 g/mol. The second-order valence-corrected chi connectivity index (χ2v) is 5.87. The van der Waals surface area contributed by atoms with Gasteiger partial charge in [-0.25, -0.2) is 0 Å². The average molecular weight is 262 g/mol. The van der Waals surface area contributed by atoms with Crippen LogP contribution in [0.25, 0.3) is 0 Å². The molecule has 0 aromatic heterocycles. The zero-order chi connectivity index (χ0) is 12.5. The van der Waals surface area contributed by atoms with Gasteiger partial charge in [0, 0.05) is 29.9 Å². The Bertz CT molecular complexity index is 463. The molecule has 1 N–H and O–H groups in total. The third-order valence-corrected chi connectivity index (χ3v) is 4.64. The molecule has 0 radical (unpaired) electrons. The molecule has 2 saturated heterocycles. The van der Waals surface area contributed by atoms with E-state index in [0.29, 0.717) is 24.4 Å². The number of carbonyl (C=O) groups excluding carboxylic acids is 1. The molecule has 3 nitrogen and oxygen atoms in total. The number of carbonyl (C=O) groups is 1. The first kappa shape index (κ1) is 12.1. The maximum Gasteiger partial charge on any atom is 0.224 e. The SMILES string of the molecule is CSc1cccc(CN2C(=O)C[C@H]3NCC[C@H]32)c1. The molecule has 2 aliphatic rings. The number of likely N-dealkylation sites (tertiary alicyclic amines) is 1. The van der Waals surface area contributed by atoms with Crippen molar-refractivity contribution in [2.75, 3.05) is 12.8 Å². The highest BCUT2D eigenvalue weighted by molar-refractivity contribution is 7.98. The maximum atomic E-state index is 12.0. The zero-order valence-electron chi connectivity index (χ0n) is 10.6. The minimum absolute atomic E-state index is 0.298. The number of amides is 1. The number of benzene rings is 1. The van der Waals surface area contributed by atoms with Crippen molar-refractivity contribution in [1.82, 2.24) is 10.2 Å². The highest BCUT2D eigenvalue weighted by Gasteiger charge is 2.42. The Balaban J connectivity index is 1.77. The smallest absolute Gasteiger partial charge is 0.224 e. The number of rotatable bonds is 3. The summed E-state index contributed by atoms with van der Waals surface area (Å²) in [6, 6.07) is 9.29. The van der Waals surface area contributed by atoms with Gasteiger partial charge >= 0.3 is 0 Å². The molecule has 0 spiro atoms. The number of thioether (sulfide) groups is 1. The fraction of sp³-hybridized carbons (Fsp3) is 0.500. The summed E-state index contributed by atoms with van der Waals surface area (Å²) in [7, 11) is 0. The van der Waals surface area contributed by atoms with E-state index in [2.05, 4.69) is 40.7 Å². The largest absolute Gasteiger partial charge is 0.334 e. The lowest BCUT2D eigenvalue weighted by atomic mass is 10.1. The number of fused-ring (bicyclic) bond motifs is 1. The van der Waals surface area contributed by atoms with Gasteiger partial charge in [-0.1, -0.05) is 12.1 Å². The van der Waals surface area contributed by atoms with E-state index in [1.54, 1.807) is 11.8 Å². The zero-order valence-corrected chi connectivity index (χ0v) is 11.4. The molecule has 2 heterocycles. The van der Waals surface area contributed by atoms with Gasteiger partial charge < -0.3 is 10.2 Å². The first-order valence-electron chi connectivity index (χ1n) is 6.44. The topological polar surface area (TPSA) is 32.3 Å². The molecule has 2 aliphatic heterocycles. The van der Waals surface area contributed by atoms with Crippen LogP contribution in [0.5, 0.6) is 0 Å². The lowest BCUT2D eigenvalue weighted by molar-refractivity contribution is -0.129. The van der Waals surface area contributed by atoms with Crippen LogP contribution in [-0.4, -0.2) is 35.7 Å². The van der Waals surface area contributed by atoms with Gasteiger partial charge in [0.25, 0.3) is 0 Å². The number of nitrogens with zero attached hydrogens (tertiary/aromatic N) is 1. The maximum absolute atomic E-state index is 12.0. The normalized spacial score (nSPS) is 26.7. The van der Waals surface area contributed by atoms with Crippen LogP contribution in [0.4, 0.5) is 0 Å². The minimum atomic E-state index is 0.298. The average Bonchev–Trinajstić information content (AvgIpc) is 2.93. The lowest BCUT2D eigenvalue weighted by Crippen LogP contribution is -2.35. The van der Waals surface area contributed by atoms with Crippen molar-refractivity contribution in [3.8, 4) is 0 Å². The molecule has 1 aromatic carbocycles. The molecule has 3 rings (SSSR count). The quantitative estimate of drug-likeness (QED) is 0.844. The highest BCUT2D eigenvalue weighted by atomic mass is 32.2. The predicted molar refractivity (Wildman–Crippen MR) is 73.6 cm³/mol. The minimum Gasteiger partial charge on any atom is -0.334 e. The molecule has 2 fully saturated rings. The second kappa shape index (κ2) is 4.94. The van der Waals surface area contributed by atoms with Gasteiger partial charge in [0.2, 0.25) is 5.91 Å². The van der Waals surface area contributed by atoms with E-state index < -0.39 is 0 Å². The Hall–Kier alpha value is -1.00. The van der Waals surface area contributed by atoms with Gasteiger partial charge in [-0.05, 0) is 36.9 Å². The second-order valence-electron chi connectivity index (χ2n) is 4.99. The fourth-order valence-electron chi connectivity index (χ4n) is 3.00. The summed E-state index contributed by atoms with van der Waals surface area (Å²) in [5, 5.41) is 3.42. The summed E-state index contributed by atoms with van der Waals surface area (Å²) in [6.45, 7) is 1.81. The number of hydrogen-bond donors (Lipinski definition) is 1. The molecule has 0 saturated carbocycles. The van der Waals surface area contributed by atoms with Gasteiger partial charge in [0.1, 0.15) is 0 Å². The van der Waals surface area contributed by atoms with Crippen molar-refractivity contribution < 1.29 is 4.79 Å². The Morgan fingerprint density at radius 1 is 1.50 bits per heavy atom. The van der Waals surface area contributed by atoms with Crippen molar-refractivity contribution in [3.63, 3.8) is 0 Å². The lowest BCUT2D eigenvalue weighted by Gasteiger charge is -2.23. The summed E-state index contributed by atoms with van der Waals surface area (Å²) in [5.41, 5.74) is 1.24. The molecule has 1 aromatic rings. The van der Waals surface area contributed by atoms with Crippen molar-refractivity contribution >= 4 is 17.7 Å². The molecular formula is C14H18N2OS. The Kier molecular flexibility index (Phi) is 3.31. The van der Waals surface area contributed by atoms with E-state index >= 15 is 0 Å². The van der Waals surface area contributed by atoms with E-state index in [4.69, 9.17) is 0 Å². The first-order valence-corrected chi connectivity index (χ1v) is 7.66. The summed E-state index contributed by atoms with van der Waals surface area (Å²) < 4.78 is 0. The third kappa shape index (κ3) is 2.15. The fourth-order valence-corrected chi connectivity index (χ4v) is 3.48. The molecule has 18 heavy (non-hydrogen) atoms. The van der Waals surface area contributed by atoms with E-state index in [-0.39, 0.29) is 0 Å². The van der Waals surface area contributed by atoms with E-state index in [1.165, 1.54) is 10.5 Å². The Labute approximate surface area is 112 Å². The molecule has 2 atom stereocenters. The Morgan fingerprint density at radius 2 is 2.39 bits per heavy atom. The van der Waals surface area contributed by atoms with Gasteiger partial charge in [-0.3, -0.25) is 4.79 Å². The van der Waals surface area contributed by atoms with Crippen LogP contribution in [0.1, 0.15) is 18.4 Å². The van der Waals surface area contributed by atoms with Crippen LogP contribution in [0.3, 0.4) is 0 Å². The first-order chi connectivity index (χ1) is 8.78. The number of nitrogens with one attached hydrogen (secondary N) is 1. The van der Waals surface area contributed by atoms with Crippen LogP contribution in [0.2, 0.25) is 0 Å². The standard InChI is InChI=1S/C14H18N2OS/c1-18-11-4-2-3-10(7-11)9-16-13-5-6-15-12(13)8-14(16)17/h2-4,7,12-13,15H,5-6,8-9H2,1H3/t12-,13-/m1/s1. The van der Waals surface area contributed by atoms with E-state index in [1.807, 2.05) is 0 Å². The summed E-state index contributed by atoms with van der Waals surface area (Å²) in [5.74, 6) is 0.298. The highest BCUT2D eigenvalue weighted by Crippen LogP contribution is 2.28. The van der Waals surface area contributed by atoms with E-state index in [0.717, 1.165) is 19.5 Å². The Morgan fingerprint density at radius 3 is 3.22 bits per heavy atom. The van der Waals surface area contributed by atoms with Crippen molar-refractivity contribution in [2.24, 2.45) is 0 Å². The summed E-state index contributed by atoms with van der Waals surface area (Å²) >= 11 is 1.75. The van der Waals surface area contributed by atoms with Gasteiger partial charge in [0.05, 0.1) is 0 Å². The van der Waals surface area contributed by atoms with Crippen LogP contribution in [0, 0.1) is 0 Å². The van der Waals surface area contributed by atoms with Crippen molar-refractivity contribution in [3.05, 3.63) is 29.8 Å². The summed E-state index contributed by atoms with van der Waals surface area (Å²) in [6.07, 6.45) is 3.85. The van der Waals surface area contributed by atoms with Crippen LogP contribution >= 0.6 is 11.8 Å². The van der Waals surface area contributed by atoms with Gasteiger partial charge in [-0.15, -0.1) is 11.8 Å². The van der Waals surface area contributed by atoms with Gasteiger partial charge in [-0.2, -0.15) is 0 Å². The number of hydrogen-bond acceptors (Lipinski definition) is 3. The van der Waals surface area contributed by atoms with Crippen LogP contribution in [-0.2, 0) is 11.3 Å². The molecule has 0 aliphatic carbocycles. The van der Waals surface area contributed by atoms with Crippen LogP contribution < -0.4 is 5.32 Å². The third-order valence-electron chi connectivity index (χ3n) is 3.91. The molecular weight excluding hydrogens is 244 g/mol. The molecule has 0 bridgehead atoms. The molecule has 1 amide bonds. The summed E-state index contributed by atoms with van der Waals surface area (Å²) in [4.78, 5) is 15.4. The van der Waals surface area contributed by atoms with Crippen molar-refractivity contribution in [1.29, 1.82) is 0 Å². The molecule has 96 valence electrons.